The van der Waals surface area contributed by atoms with E-state index in [1.165, 1.54) is 19.5 Å². The molecule has 1 amide bonds. The van der Waals surface area contributed by atoms with Crippen LogP contribution < -0.4 is 4.72 Å². The molecule has 7 atom stereocenters. The van der Waals surface area contributed by atoms with E-state index in [-0.39, 0.29) is 24.2 Å². The summed E-state index contributed by atoms with van der Waals surface area (Å²) in [6, 6.07) is -1.09. The summed E-state index contributed by atoms with van der Waals surface area (Å²) in [6.45, 7) is 7.53. The summed E-state index contributed by atoms with van der Waals surface area (Å²) in [5.41, 5.74) is -0.122. The van der Waals surface area contributed by atoms with Crippen LogP contribution in [-0.4, -0.2) is 72.6 Å². The summed E-state index contributed by atoms with van der Waals surface area (Å²) in [6.07, 6.45) is 4.91. The summed E-state index contributed by atoms with van der Waals surface area (Å²) >= 11 is 0. The predicted molar refractivity (Wildman–Crippen MR) is 123 cm³/mol. The van der Waals surface area contributed by atoms with E-state index in [1.807, 2.05) is 6.92 Å². The third kappa shape index (κ3) is 4.42. The SMILES string of the molecule is COC(=O)N1[C@H](C)C[C@H](NS(=O)(=O)C(C)C)[C@@H]1CO[C@H]1CC[C@]2(c3ncc(F)cn3)C(C1)[C@@H]2C. The minimum Gasteiger partial charge on any atom is -0.453 e. The molecule has 2 saturated carbocycles. The van der Waals surface area contributed by atoms with Gasteiger partial charge in [-0.2, -0.15) is 0 Å². The molecule has 190 valence electrons. The number of aromatic nitrogens is 2. The van der Waals surface area contributed by atoms with Crippen molar-refractivity contribution in [2.45, 2.75) is 88.3 Å². The van der Waals surface area contributed by atoms with E-state index in [9.17, 15) is 17.6 Å². The summed E-state index contributed by atoms with van der Waals surface area (Å²) < 4.78 is 52.4. The fraction of sp³-hybridized carbons (Fsp3) is 0.783. The van der Waals surface area contributed by atoms with Gasteiger partial charge < -0.3 is 9.47 Å². The molecule has 1 unspecified atom stereocenters. The molecule has 0 spiro atoms. The maximum absolute atomic E-state index is 13.3. The van der Waals surface area contributed by atoms with E-state index >= 15 is 0 Å². The lowest BCUT2D eigenvalue weighted by atomic mass is 9.85. The summed E-state index contributed by atoms with van der Waals surface area (Å²) in [4.78, 5) is 22.6. The Kier molecular flexibility index (Phi) is 6.91. The number of amides is 1. The van der Waals surface area contributed by atoms with Crippen molar-refractivity contribution in [3.63, 3.8) is 0 Å². The van der Waals surface area contributed by atoms with Gasteiger partial charge in [-0.05, 0) is 58.3 Å². The van der Waals surface area contributed by atoms with E-state index in [0.717, 1.165) is 19.3 Å². The maximum atomic E-state index is 13.3. The third-order valence-electron chi connectivity index (χ3n) is 8.12. The number of fused-ring (bicyclic) bond motifs is 1. The van der Waals surface area contributed by atoms with Gasteiger partial charge in [0.25, 0.3) is 0 Å². The second-order valence-electron chi connectivity index (χ2n) is 10.2. The summed E-state index contributed by atoms with van der Waals surface area (Å²) in [7, 11) is -2.19. The van der Waals surface area contributed by atoms with E-state index in [4.69, 9.17) is 9.47 Å². The average molecular weight is 499 g/mol. The van der Waals surface area contributed by atoms with Gasteiger partial charge in [0, 0.05) is 17.5 Å². The van der Waals surface area contributed by atoms with Crippen LogP contribution in [0.25, 0.3) is 0 Å². The molecule has 3 aliphatic rings. The normalized spacial score (nSPS) is 35.3. The van der Waals surface area contributed by atoms with Crippen LogP contribution in [0.4, 0.5) is 9.18 Å². The van der Waals surface area contributed by atoms with Gasteiger partial charge in [-0.1, -0.05) is 6.92 Å². The van der Waals surface area contributed by atoms with Crippen molar-refractivity contribution in [1.29, 1.82) is 0 Å². The lowest BCUT2D eigenvalue weighted by molar-refractivity contribution is -0.0103. The Morgan fingerprint density at radius 2 is 1.97 bits per heavy atom. The van der Waals surface area contributed by atoms with Crippen molar-refractivity contribution in [2.24, 2.45) is 11.8 Å². The summed E-state index contributed by atoms with van der Waals surface area (Å²) in [5, 5.41) is -0.576. The minimum absolute atomic E-state index is 0.0127. The molecule has 11 heteroatoms. The fourth-order valence-corrected chi connectivity index (χ4v) is 6.97. The number of hydrogen-bond acceptors (Lipinski definition) is 7. The highest BCUT2D eigenvalue weighted by molar-refractivity contribution is 7.90. The molecule has 0 radical (unpaired) electrons. The van der Waals surface area contributed by atoms with Gasteiger partial charge in [0.2, 0.25) is 10.0 Å². The molecule has 34 heavy (non-hydrogen) atoms. The Morgan fingerprint density at radius 1 is 1.29 bits per heavy atom. The quantitative estimate of drug-likeness (QED) is 0.615. The number of ether oxygens (including phenoxy) is 2. The Morgan fingerprint density at radius 3 is 2.56 bits per heavy atom. The fourth-order valence-electron chi connectivity index (χ4n) is 6.02. The van der Waals surface area contributed by atoms with Crippen LogP contribution in [0.5, 0.6) is 0 Å². The van der Waals surface area contributed by atoms with Gasteiger partial charge in [-0.15, -0.1) is 0 Å². The van der Waals surface area contributed by atoms with Gasteiger partial charge in [-0.25, -0.2) is 32.3 Å². The molecule has 1 aromatic rings. The molecule has 2 heterocycles. The van der Waals surface area contributed by atoms with Crippen LogP contribution in [-0.2, 0) is 24.9 Å². The molecule has 1 N–H and O–H groups in total. The first-order valence-electron chi connectivity index (χ1n) is 12.0. The predicted octanol–water partition coefficient (Wildman–Crippen LogP) is 2.61. The monoisotopic (exact) mass is 498 g/mol. The van der Waals surface area contributed by atoms with Crippen molar-refractivity contribution < 1.29 is 27.1 Å². The van der Waals surface area contributed by atoms with E-state index in [2.05, 4.69) is 21.6 Å². The molecule has 0 aromatic carbocycles. The van der Waals surface area contributed by atoms with Crippen molar-refractivity contribution in [3.05, 3.63) is 24.0 Å². The van der Waals surface area contributed by atoms with Crippen molar-refractivity contribution in [2.75, 3.05) is 13.7 Å². The number of sulfonamides is 1. The Hall–Kier alpha value is -1.85. The highest BCUT2D eigenvalue weighted by atomic mass is 32.2. The van der Waals surface area contributed by atoms with E-state index < -0.39 is 39.3 Å². The van der Waals surface area contributed by atoms with Crippen molar-refractivity contribution in [1.82, 2.24) is 19.6 Å². The zero-order valence-corrected chi connectivity index (χ0v) is 21.2. The van der Waals surface area contributed by atoms with E-state index in [0.29, 0.717) is 24.1 Å². The number of carbonyl (C=O) groups is 1. The smallest absolute Gasteiger partial charge is 0.410 e. The number of nitrogens with one attached hydrogen (secondary N) is 1. The zero-order valence-electron chi connectivity index (χ0n) is 20.4. The lowest BCUT2D eigenvalue weighted by Crippen LogP contribution is -2.51. The van der Waals surface area contributed by atoms with Crippen LogP contribution in [0.15, 0.2) is 12.4 Å². The standard InChI is InChI=1S/C23H35FN4O5S/c1-13(2)34(30,31)27-19-8-14(3)28(22(29)32-5)20(19)12-33-17-6-7-23(15(4)18(23)9-17)21-25-10-16(24)11-26-21/h10-11,13-15,17-20,27H,6-9,12H2,1-5H3/t14-,15+,17+,18?,19+,20+,23-/m1/s1. The highest BCUT2D eigenvalue weighted by Crippen LogP contribution is 2.66. The zero-order chi connectivity index (χ0) is 24.8. The Labute approximate surface area is 200 Å². The van der Waals surface area contributed by atoms with Crippen molar-refractivity contribution >= 4 is 16.1 Å². The number of nitrogens with zero attached hydrogens (tertiary/aromatic N) is 3. The number of carbonyl (C=O) groups excluding carboxylic acids is 1. The molecule has 0 bridgehead atoms. The molecule has 1 aliphatic heterocycles. The molecule has 1 aromatic heterocycles. The molecule has 4 rings (SSSR count). The second-order valence-corrected chi connectivity index (χ2v) is 12.5. The van der Waals surface area contributed by atoms with Gasteiger partial charge >= 0.3 is 6.09 Å². The van der Waals surface area contributed by atoms with Crippen LogP contribution in [0.2, 0.25) is 0 Å². The maximum Gasteiger partial charge on any atom is 0.410 e. The highest BCUT2D eigenvalue weighted by Gasteiger charge is 2.66. The molecule has 1 saturated heterocycles. The molecule has 3 fully saturated rings. The minimum atomic E-state index is -3.51. The topological polar surface area (TPSA) is 111 Å². The third-order valence-corrected chi connectivity index (χ3v) is 9.99. The average Bonchev–Trinajstić information content (AvgIpc) is 3.26. The first-order chi connectivity index (χ1) is 16.0. The number of rotatable bonds is 7. The Bertz CT molecular complexity index is 1010. The number of halogens is 1. The molecular formula is C23H35FN4O5S. The Balaban J connectivity index is 1.43. The van der Waals surface area contributed by atoms with E-state index in [1.54, 1.807) is 18.7 Å². The molecular weight excluding hydrogens is 463 g/mol. The molecule has 2 aliphatic carbocycles. The van der Waals surface area contributed by atoms with Crippen LogP contribution in [0, 0.1) is 17.7 Å². The van der Waals surface area contributed by atoms with Gasteiger partial charge in [0.05, 0.1) is 43.5 Å². The van der Waals surface area contributed by atoms with Crippen LogP contribution in [0.3, 0.4) is 0 Å². The first-order valence-corrected chi connectivity index (χ1v) is 13.5. The number of methoxy groups -OCH3 is 1. The summed E-state index contributed by atoms with van der Waals surface area (Å²) in [5.74, 6) is 1.00. The second kappa shape index (κ2) is 9.31. The first kappa shape index (κ1) is 25.2. The number of likely N-dealkylation sites (tertiary alicyclic amines) is 1. The van der Waals surface area contributed by atoms with Crippen LogP contribution in [0.1, 0.15) is 59.2 Å². The lowest BCUT2D eigenvalue weighted by Gasteiger charge is -2.32. The van der Waals surface area contributed by atoms with Crippen LogP contribution >= 0.6 is 0 Å². The molecule has 9 nitrogen and oxygen atoms in total. The van der Waals surface area contributed by atoms with Crippen molar-refractivity contribution in [3.8, 4) is 0 Å². The number of hydrogen-bond donors (Lipinski definition) is 1. The van der Waals surface area contributed by atoms with Gasteiger partial charge in [0.1, 0.15) is 5.82 Å². The van der Waals surface area contributed by atoms with Gasteiger partial charge in [-0.3, -0.25) is 4.90 Å². The largest absolute Gasteiger partial charge is 0.453 e. The van der Waals surface area contributed by atoms with Gasteiger partial charge in [0.15, 0.2) is 5.82 Å².